The minimum absolute atomic E-state index is 0.110. The summed E-state index contributed by atoms with van der Waals surface area (Å²) in [5, 5.41) is 12.6. The van der Waals surface area contributed by atoms with Crippen LogP contribution in [0.15, 0.2) is 23.4 Å². The molecule has 0 spiro atoms. The molecule has 2 rings (SSSR count). The number of cyclic esters (lactones) is 1. The molecule has 0 amide bonds. The van der Waals surface area contributed by atoms with Crippen molar-refractivity contribution in [3.63, 3.8) is 0 Å². The van der Waals surface area contributed by atoms with Gasteiger partial charge in [-0.05, 0) is 12.3 Å². The molecule has 1 atom stereocenters. The van der Waals surface area contributed by atoms with Crippen LogP contribution in [0.4, 0.5) is 0 Å². The Kier molecular flexibility index (Phi) is 3.71. The molecule has 0 bridgehead atoms. The van der Waals surface area contributed by atoms with Crippen molar-refractivity contribution in [2.75, 3.05) is 0 Å². The summed E-state index contributed by atoms with van der Waals surface area (Å²) in [4.78, 5) is 15.7. The van der Waals surface area contributed by atoms with Crippen molar-refractivity contribution in [2.45, 2.75) is 38.7 Å². The number of ether oxygens (including phenoxy) is 1. The van der Waals surface area contributed by atoms with E-state index in [-0.39, 0.29) is 11.7 Å². The minimum atomic E-state index is -0.610. The van der Waals surface area contributed by atoms with Crippen LogP contribution in [-0.2, 0) is 16.0 Å². The molecule has 0 saturated heterocycles. The quantitative estimate of drug-likeness (QED) is 0.852. The zero-order valence-corrected chi connectivity index (χ0v) is 11.4. The number of aromatic nitrogens is 1. The van der Waals surface area contributed by atoms with Gasteiger partial charge < -0.3 is 9.84 Å². The third-order valence-corrected chi connectivity index (χ3v) is 4.21. The molecule has 2 heterocycles. The Morgan fingerprint density at radius 3 is 2.94 bits per heavy atom. The van der Waals surface area contributed by atoms with Gasteiger partial charge in [-0.2, -0.15) is 0 Å². The van der Waals surface area contributed by atoms with Crippen molar-refractivity contribution in [3.05, 3.63) is 28.4 Å². The molecule has 0 fully saturated rings. The second kappa shape index (κ2) is 5.10. The normalized spacial score (nSPS) is 23.9. The van der Waals surface area contributed by atoms with Gasteiger partial charge in [-0.1, -0.05) is 13.8 Å². The van der Waals surface area contributed by atoms with E-state index < -0.39 is 11.6 Å². The first kappa shape index (κ1) is 13.1. The van der Waals surface area contributed by atoms with Crippen molar-refractivity contribution >= 4 is 17.3 Å². The zero-order valence-electron chi connectivity index (χ0n) is 10.5. The number of hydrogen-bond donors (Lipinski definition) is 1. The summed E-state index contributed by atoms with van der Waals surface area (Å²) in [5.74, 6) is -0.192. The van der Waals surface area contributed by atoms with E-state index in [0.717, 1.165) is 17.5 Å². The summed E-state index contributed by atoms with van der Waals surface area (Å²) in [6, 6.07) is 0. The molecule has 98 valence electrons. The van der Waals surface area contributed by atoms with E-state index in [9.17, 15) is 9.90 Å². The van der Waals surface area contributed by atoms with Crippen LogP contribution < -0.4 is 0 Å². The fraction of sp³-hybridized carbons (Fsp3) is 0.538. The van der Waals surface area contributed by atoms with Crippen molar-refractivity contribution < 1.29 is 14.6 Å². The first-order valence-electron chi connectivity index (χ1n) is 6.03. The molecule has 0 aromatic carbocycles. The topological polar surface area (TPSA) is 59.4 Å². The molecule has 0 aliphatic carbocycles. The van der Waals surface area contributed by atoms with Crippen LogP contribution in [0.3, 0.4) is 0 Å². The van der Waals surface area contributed by atoms with Gasteiger partial charge in [0.2, 0.25) is 0 Å². The highest BCUT2D eigenvalue weighted by Crippen LogP contribution is 2.36. The third kappa shape index (κ3) is 2.72. The van der Waals surface area contributed by atoms with E-state index in [4.69, 9.17) is 4.74 Å². The summed E-state index contributed by atoms with van der Waals surface area (Å²) in [6.45, 7) is 4.02. The van der Waals surface area contributed by atoms with E-state index in [1.54, 1.807) is 17.5 Å². The van der Waals surface area contributed by atoms with Crippen molar-refractivity contribution in [3.8, 4) is 0 Å². The maximum Gasteiger partial charge on any atom is 0.334 e. The number of aryl methyl sites for hydroxylation is 1. The molecule has 1 unspecified atom stereocenters. The van der Waals surface area contributed by atoms with Gasteiger partial charge in [-0.25, -0.2) is 9.78 Å². The van der Waals surface area contributed by atoms with E-state index in [1.165, 1.54) is 0 Å². The highest BCUT2D eigenvalue weighted by molar-refractivity contribution is 7.09. The summed E-state index contributed by atoms with van der Waals surface area (Å²) < 4.78 is 5.51. The van der Waals surface area contributed by atoms with Crippen molar-refractivity contribution in [1.82, 2.24) is 4.98 Å². The second-order valence-electron chi connectivity index (χ2n) is 4.88. The van der Waals surface area contributed by atoms with E-state index >= 15 is 0 Å². The smallest absolute Gasteiger partial charge is 0.334 e. The summed E-state index contributed by atoms with van der Waals surface area (Å²) in [5.41, 5.74) is -0.610. The van der Waals surface area contributed by atoms with Gasteiger partial charge in [0.05, 0.1) is 11.1 Å². The van der Waals surface area contributed by atoms with Crippen molar-refractivity contribution in [2.24, 2.45) is 5.92 Å². The number of carbonyl (C=O) groups excluding carboxylic acids is 1. The average molecular weight is 267 g/mol. The van der Waals surface area contributed by atoms with Gasteiger partial charge in [0.1, 0.15) is 11.4 Å². The SMILES string of the molecule is CC(C)C1(CCc2nccs2)CC(O)=CC(=O)O1. The largest absolute Gasteiger partial charge is 0.512 e. The monoisotopic (exact) mass is 267 g/mol. The fourth-order valence-corrected chi connectivity index (χ4v) is 2.82. The predicted molar refractivity (Wildman–Crippen MR) is 69.4 cm³/mol. The number of rotatable bonds is 4. The molecular weight excluding hydrogens is 250 g/mol. The molecule has 0 saturated carbocycles. The fourth-order valence-electron chi connectivity index (χ4n) is 2.20. The molecule has 18 heavy (non-hydrogen) atoms. The molecule has 1 aromatic heterocycles. The molecule has 5 heteroatoms. The lowest BCUT2D eigenvalue weighted by Crippen LogP contribution is -2.43. The van der Waals surface area contributed by atoms with Gasteiger partial charge in [-0.3, -0.25) is 0 Å². The second-order valence-corrected chi connectivity index (χ2v) is 5.86. The van der Waals surface area contributed by atoms with Gasteiger partial charge in [0.15, 0.2) is 0 Å². The standard InChI is InChI=1S/C13H17NO3S/c1-9(2)13(4-3-11-14-5-6-18-11)8-10(15)7-12(16)17-13/h5-7,9,15H,3-4,8H2,1-2H3. The average Bonchev–Trinajstić information content (AvgIpc) is 2.77. The predicted octanol–water partition coefficient (Wildman–Crippen LogP) is 2.86. The lowest BCUT2D eigenvalue weighted by molar-refractivity contribution is -0.163. The molecule has 4 nitrogen and oxygen atoms in total. The Bertz CT molecular complexity index is 453. The van der Waals surface area contributed by atoms with Gasteiger partial charge in [-0.15, -0.1) is 11.3 Å². The van der Waals surface area contributed by atoms with Crippen LogP contribution in [0.25, 0.3) is 0 Å². The maximum atomic E-state index is 11.5. The molecular formula is C13H17NO3S. The highest BCUT2D eigenvalue weighted by Gasteiger charge is 2.41. The molecule has 0 radical (unpaired) electrons. The van der Waals surface area contributed by atoms with Crippen LogP contribution in [0.1, 0.15) is 31.7 Å². The lowest BCUT2D eigenvalue weighted by Gasteiger charge is -2.38. The number of hydrogen-bond acceptors (Lipinski definition) is 5. The van der Waals surface area contributed by atoms with Crippen LogP contribution in [0, 0.1) is 5.92 Å². The van der Waals surface area contributed by atoms with E-state index in [1.807, 2.05) is 19.2 Å². The number of aliphatic hydroxyl groups excluding tert-OH is 1. The first-order chi connectivity index (χ1) is 8.52. The summed E-state index contributed by atoms with van der Waals surface area (Å²) in [7, 11) is 0. The lowest BCUT2D eigenvalue weighted by atomic mass is 9.81. The highest BCUT2D eigenvalue weighted by atomic mass is 32.1. The first-order valence-corrected chi connectivity index (χ1v) is 6.91. The third-order valence-electron chi connectivity index (χ3n) is 3.37. The van der Waals surface area contributed by atoms with E-state index in [0.29, 0.717) is 12.8 Å². The van der Waals surface area contributed by atoms with Gasteiger partial charge in [0.25, 0.3) is 0 Å². The maximum absolute atomic E-state index is 11.5. The van der Waals surface area contributed by atoms with Gasteiger partial charge in [0, 0.05) is 24.4 Å². The Labute approximate surface area is 110 Å². The van der Waals surface area contributed by atoms with Crippen LogP contribution in [0.2, 0.25) is 0 Å². The molecule has 1 aromatic rings. The van der Waals surface area contributed by atoms with Crippen LogP contribution in [0.5, 0.6) is 0 Å². The molecule has 1 N–H and O–H groups in total. The Hall–Kier alpha value is -1.36. The van der Waals surface area contributed by atoms with Gasteiger partial charge >= 0.3 is 5.97 Å². The number of aliphatic hydroxyl groups is 1. The minimum Gasteiger partial charge on any atom is -0.512 e. The Morgan fingerprint density at radius 1 is 1.61 bits per heavy atom. The number of nitrogens with zero attached hydrogens (tertiary/aromatic N) is 1. The Morgan fingerprint density at radius 2 is 2.39 bits per heavy atom. The van der Waals surface area contributed by atoms with Crippen molar-refractivity contribution in [1.29, 1.82) is 0 Å². The summed E-state index contributed by atoms with van der Waals surface area (Å²) in [6.07, 6.45) is 4.76. The zero-order chi connectivity index (χ0) is 13.2. The molecule has 1 aliphatic rings. The Balaban J connectivity index is 2.12. The number of carbonyl (C=O) groups is 1. The van der Waals surface area contributed by atoms with Crippen LogP contribution >= 0.6 is 11.3 Å². The number of esters is 1. The molecule has 1 aliphatic heterocycles. The number of thiazole rings is 1. The van der Waals surface area contributed by atoms with E-state index in [2.05, 4.69) is 4.98 Å². The van der Waals surface area contributed by atoms with Crippen LogP contribution in [-0.4, -0.2) is 21.7 Å². The summed E-state index contributed by atoms with van der Waals surface area (Å²) >= 11 is 1.59.